The number of hydrogen-bond acceptors (Lipinski definition) is 5. The summed E-state index contributed by atoms with van der Waals surface area (Å²) in [6, 6.07) is 6.20. The van der Waals surface area contributed by atoms with E-state index in [1.54, 1.807) is 23.0 Å². The molecule has 0 bridgehead atoms. The first-order chi connectivity index (χ1) is 17.3. The quantitative estimate of drug-likeness (QED) is 0.396. The molecule has 1 amide bonds. The fourth-order valence-corrected chi connectivity index (χ4v) is 5.52. The number of aromatic nitrogens is 5. The number of benzene rings is 1. The molecule has 0 saturated heterocycles. The molecular weight excluding hydrogens is 459 g/mol. The van der Waals surface area contributed by atoms with E-state index in [4.69, 9.17) is 0 Å². The summed E-state index contributed by atoms with van der Waals surface area (Å²) in [4.78, 5) is 17.0. The first-order valence-corrected chi connectivity index (χ1v) is 12.4. The van der Waals surface area contributed by atoms with Crippen molar-refractivity contribution >= 4 is 16.9 Å². The summed E-state index contributed by atoms with van der Waals surface area (Å²) in [6.45, 7) is 4.73. The molecule has 0 spiro atoms. The fourth-order valence-electron chi connectivity index (χ4n) is 5.52. The van der Waals surface area contributed by atoms with E-state index in [2.05, 4.69) is 39.4 Å². The monoisotopic (exact) mass is 488 g/mol. The summed E-state index contributed by atoms with van der Waals surface area (Å²) in [5.74, 6) is -0.848. The molecule has 36 heavy (non-hydrogen) atoms. The molecule has 1 saturated carbocycles. The van der Waals surface area contributed by atoms with Crippen molar-refractivity contribution in [1.82, 2.24) is 30.3 Å². The lowest BCUT2D eigenvalue weighted by Gasteiger charge is -2.16. The number of aromatic amines is 1. The van der Waals surface area contributed by atoms with Gasteiger partial charge in [-0.15, -0.1) is 0 Å². The van der Waals surface area contributed by atoms with E-state index < -0.39 is 11.9 Å². The van der Waals surface area contributed by atoms with Crippen molar-refractivity contribution < 1.29 is 14.3 Å². The van der Waals surface area contributed by atoms with Gasteiger partial charge in [-0.25, -0.2) is 9.37 Å². The van der Waals surface area contributed by atoms with Crippen LogP contribution in [-0.2, 0) is 19.4 Å². The average molecular weight is 489 g/mol. The minimum Gasteiger partial charge on any atom is -0.391 e. The largest absolute Gasteiger partial charge is 0.391 e. The maximum atomic E-state index is 14.9. The van der Waals surface area contributed by atoms with Gasteiger partial charge in [0.25, 0.3) is 5.91 Å². The topological polar surface area (TPSA) is 109 Å². The van der Waals surface area contributed by atoms with E-state index in [1.807, 2.05) is 12.3 Å². The third-order valence-corrected chi connectivity index (χ3v) is 7.39. The minimum absolute atomic E-state index is 0.215. The van der Waals surface area contributed by atoms with Gasteiger partial charge in [-0.2, -0.15) is 10.2 Å². The number of pyridine rings is 1. The lowest BCUT2D eigenvalue weighted by Crippen LogP contribution is -2.39. The summed E-state index contributed by atoms with van der Waals surface area (Å²) in [7, 11) is 0. The second-order valence-electron chi connectivity index (χ2n) is 10.9. The molecule has 2 aliphatic rings. The Kier molecular flexibility index (Phi) is 5.40. The van der Waals surface area contributed by atoms with E-state index in [0.717, 1.165) is 42.3 Å². The van der Waals surface area contributed by atoms with Crippen LogP contribution in [0.25, 0.3) is 22.3 Å². The first kappa shape index (κ1) is 22.8. The predicted molar refractivity (Wildman–Crippen MR) is 133 cm³/mol. The van der Waals surface area contributed by atoms with E-state index in [-0.39, 0.29) is 29.5 Å². The Morgan fingerprint density at radius 3 is 2.92 bits per heavy atom. The highest BCUT2D eigenvalue weighted by Gasteiger charge is 2.33. The number of carbonyl (C=O) groups is 1. The summed E-state index contributed by atoms with van der Waals surface area (Å²) in [6.07, 6.45) is 7.34. The zero-order valence-corrected chi connectivity index (χ0v) is 20.4. The van der Waals surface area contributed by atoms with Gasteiger partial charge in [0.05, 0.1) is 24.4 Å². The number of aliphatic hydroxyl groups excluding tert-OH is 1. The van der Waals surface area contributed by atoms with Crippen LogP contribution in [0, 0.1) is 11.2 Å². The van der Waals surface area contributed by atoms with Gasteiger partial charge in [0.1, 0.15) is 5.82 Å². The molecule has 9 heteroatoms. The van der Waals surface area contributed by atoms with Crippen molar-refractivity contribution in [3.63, 3.8) is 0 Å². The summed E-state index contributed by atoms with van der Waals surface area (Å²) in [5.41, 5.74) is 5.78. The second kappa shape index (κ2) is 8.51. The van der Waals surface area contributed by atoms with Crippen LogP contribution in [0.1, 0.15) is 60.3 Å². The molecule has 1 fully saturated rings. The number of fused-ring (bicyclic) bond motifs is 2. The molecule has 2 atom stereocenters. The number of hydrogen-bond donors (Lipinski definition) is 3. The van der Waals surface area contributed by atoms with Gasteiger partial charge in [-0.1, -0.05) is 19.9 Å². The summed E-state index contributed by atoms with van der Waals surface area (Å²) >= 11 is 0. The standard InChI is InChI=1S/C27H29FN6O2/c1-27(2)10-19-22(11-27)31-32-24(19)17-8-18-14-34(33-25(18)29-12-17)13-16-7-6-15(9-20(16)28)26(36)30-21-4-3-5-23(21)35/h6-9,12,14,21,23,35H,3-5,10-11,13H2,1-2H3,(H,30,36)(H,31,32). The first-order valence-electron chi connectivity index (χ1n) is 12.4. The van der Waals surface area contributed by atoms with Gasteiger partial charge in [-0.05, 0) is 55.7 Å². The molecule has 2 unspecified atom stereocenters. The van der Waals surface area contributed by atoms with Gasteiger partial charge < -0.3 is 10.4 Å². The van der Waals surface area contributed by atoms with Crippen molar-refractivity contribution in [1.29, 1.82) is 0 Å². The zero-order chi connectivity index (χ0) is 25.0. The molecule has 0 radical (unpaired) electrons. The number of aliphatic hydroxyl groups is 1. The Morgan fingerprint density at radius 2 is 2.14 bits per heavy atom. The van der Waals surface area contributed by atoms with E-state index >= 15 is 0 Å². The molecule has 186 valence electrons. The number of amides is 1. The third kappa shape index (κ3) is 4.17. The maximum absolute atomic E-state index is 14.9. The second-order valence-corrected chi connectivity index (χ2v) is 10.9. The van der Waals surface area contributed by atoms with Gasteiger partial charge in [0.2, 0.25) is 0 Å². The Balaban J connectivity index is 1.20. The molecular formula is C27H29FN6O2. The maximum Gasteiger partial charge on any atom is 0.251 e. The number of carbonyl (C=O) groups excluding carboxylic acids is 1. The number of halogens is 1. The molecule has 4 aromatic rings. The van der Waals surface area contributed by atoms with Crippen LogP contribution in [0.15, 0.2) is 36.7 Å². The van der Waals surface area contributed by atoms with Gasteiger partial charge >= 0.3 is 0 Å². The van der Waals surface area contributed by atoms with Crippen LogP contribution < -0.4 is 5.32 Å². The highest BCUT2D eigenvalue weighted by Crippen LogP contribution is 2.39. The van der Waals surface area contributed by atoms with Crippen LogP contribution in [0.3, 0.4) is 0 Å². The molecule has 2 aliphatic carbocycles. The number of rotatable bonds is 5. The molecule has 3 N–H and O–H groups in total. The highest BCUT2D eigenvalue weighted by atomic mass is 19.1. The molecule has 0 aliphatic heterocycles. The molecule has 3 heterocycles. The Hall–Kier alpha value is -3.59. The SMILES string of the molecule is CC1(C)Cc2[nH]nc(-c3cnc4nn(Cc5ccc(C(=O)NC6CCCC6O)cc5F)cc4c3)c2C1. The molecule has 8 nitrogen and oxygen atoms in total. The van der Waals surface area contributed by atoms with Crippen molar-refractivity contribution in [2.24, 2.45) is 5.41 Å². The number of nitrogens with zero attached hydrogens (tertiary/aromatic N) is 4. The zero-order valence-electron chi connectivity index (χ0n) is 20.4. The third-order valence-electron chi connectivity index (χ3n) is 7.39. The highest BCUT2D eigenvalue weighted by molar-refractivity contribution is 5.94. The Morgan fingerprint density at radius 1 is 1.28 bits per heavy atom. The number of nitrogens with one attached hydrogen (secondary N) is 2. The van der Waals surface area contributed by atoms with Crippen molar-refractivity contribution in [3.05, 3.63) is 64.9 Å². The van der Waals surface area contributed by atoms with Crippen LogP contribution in [0.2, 0.25) is 0 Å². The van der Waals surface area contributed by atoms with Crippen LogP contribution >= 0.6 is 0 Å². The average Bonchev–Trinajstić information content (AvgIpc) is 3.58. The van der Waals surface area contributed by atoms with Crippen molar-refractivity contribution in [2.45, 2.75) is 64.6 Å². The fraction of sp³-hybridized carbons (Fsp3) is 0.407. The lowest BCUT2D eigenvalue weighted by atomic mass is 9.90. The minimum atomic E-state index is -0.540. The van der Waals surface area contributed by atoms with Crippen LogP contribution in [0.5, 0.6) is 0 Å². The van der Waals surface area contributed by atoms with Gasteiger partial charge in [0.15, 0.2) is 5.65 Å². The normalized spacial score (nSPS) is 20.7. The summed E-state index contributed by atoms with van der Waals surface area (Å²) < 4.78 is 16.5. The lowest BCUT2D eigenvalue weighted by molar-refractivity contribution is 0.0873. The molecule has 6 rings (SSSR count). The van der Waals surface area contributed by atoms with Crippen LogP contribution in [0.4, 0.5) is 4.39 Å². The Bertz CT molecular complexity index is 1470. The number of H-pyrrole nitrogens is 1. The van der Waals surface area contributed by atoms with E-state index in [1.165, 1.54) is 17.3 Å². The van der Waals surface area contributed by atoms with Crippen LogP contribution in [-0.4, -0.2) is 48.1 Å². The van der Waals surface area contributed by atoms with Gasteiger partial charge in [-0.3, -0.25) is 14.6 Å². The Labute approximate surface area is 207 Å². The van der Waals surface area contributed by atoms with E-state index in [0.29, 0.717) is 17.6 Å². The summed E-state index contributed by atoms with van der Waals surface area (Å²) in [5, 5.41) is 25.8. The molecule has 3 aromatic heterocycles. The molecule has 1 aromatic carbocycles. The van der Waals surface area contributed by atoms with E-state index in [9.17, 15) is 14.3 Å². The van der Waals surface area contributed by atoms with Crippen molar-refractivity contribution in [2.75, 3.05) is 0 Å². The van der Waals surface area contributed by atoms with Crippen molar-refractivity contribution in [3.8, 4) is 11.3 Å². The van der Waals surface area contributed by atoms with Gasteiger partial charge in [0, 0.05) is 45.7 Å². The predicted octanol–water partition coefficient (Wildman–Crippen LogP) is 3.78. The smallest absolute Gasteiger partial charge is 0.251 e.